The van der Waals surface area contributed by atoms with E-state index in [1.165, 1.54) is 11.4 Å². The third-order valence-corrected chi connectivity index (χ3v) is 6.91. The number of carbonyl (C=O) groups excluding carboxylic acids is 1. The van der Waals surface area contributed by atoms with Crippen molar-refractivity contribution in [2.45, 2.75) is 32.6 Å². The molecule has 3 aromatic carbocycles. The van der Waals surface area contributed by atoms with Crippen molar-refractivity contribution in [2.24, 2.45) is 0 Å². The SMILES string of the molecule is Cc1ccc(S(=O)(=O)N(C)c2cc(C(=O)Nc3ccc(C)cc3C)ccc2C)cc1. The quantitative estimate of drug-likeness (QED) is 0.629. The standard InChI is InChI=1S/C24H26N2O3S/c1-16-6-11-21(12-7-16)30(28,29)26(5)23-15-20(10-9-18(23)3)24(27)25-22-13-8-17(2)14-19(22)4/h6-15H,1-5H3,(H,25,27). The first kappa shape index (κ1) is 21.6. The monoisotopic (exact) mass is 422 g/mol. The predicted octanol–water partition coefficient (Wildman–Crippen LogP) is 5.00. The number of nitrogens with zero attached hydrogens (tertiary/aromatic N) is 1. The summed E-state index contributed by atoms with van der Waals surface area (Å²) in [6.07, 6.45) is 0. The van der Waals surface area contributed by atoms with E-state index in [-0.39, 0.29) is 10.8 Å². The van der Waals surface area contributed by atoms with Gasteiger partial charge >= 0.3 is 0 Å². The molecule has 0 atom stereocenters. The first-order valence-corrected chi connectivity index (χ1v) is 11.1. The molecule has 0 radical (unpaired) electrons. The average molecular weight is 423 g/mol. The summed E-state index contributed by atoms with van der Waals surface area (Å²) in [6.45, 7) is 7.66. The smallest absolute Gasteiger partial charge is 0.264 e. The van der Waals surface area contributed by atoms with E-state index >= 15 is 0 Å². The minimum Gasteiger partial charge on any atom is -0.322 e. The van der Waals surface area contributed by atoms with Gasteiger partial charge in [0.1, 0.15) is 0 Å². The first-order valence-electron chi connectivity index (χ1n) is 9.64. The molecule has 6 heteroatoms. The Balaban J connectivity index is 1.92. The molecule has 0 heterocycles. The number of sulfonamides is 1. The van der Waals surface area contributed by atoms with Crippen LogP contribution in [0, 0.1) is 27.7 Å². The zero-order valence-electron chi connectivity index (χ0n) is 17.9. The van der Waals surface area contributed by atoms with E-state index < -0.39 is 10.0 Å². The van der Waals surface area contributed by atoms with Gasteiger partial charge in [-0.1, -0.05) is 41.5 Å². The van der Waals surface area contributed by atoms with E-state index in [1.54, 1.807) is 42.5 Å². The van der Waals surface area contributed by atoms with Crippen molar-refractivity contribution < 1.29 is 13.2 Å². The Kier molecular flexibility index (Phi) is 5.99. The van der Waals surface area contributed by atoms with Gasteiger partial charge < -0.3 is 5.32 Å². The zero-order chi connectivity index (χ0) is 22.1. The van der Waals surface area contributed by atoms with Crippen molar-refractivity contribution in [1.82, 2.24) is 0 Å². The maximum absolute atomic E-state index is 13.1. The third kappa shape index (κ3) is 4.39. The van der Waals surface area contributed by atoms with E-state index in [0.29, 0.717) is 11.3 Å². The van der Waals surface area contributed by atoms with E-state index in [1.807, 2.05) is 45.9 Å². The molecule has 1 amide bonds. The Labute approximate surface area is 178 Å². The van der Waals surface area contributed by atoms with Crippen LogP contribution < -0.4 is 9.62 Å². The molecule has 0 aliphatic carbocycles. The highest BCUT2D eigenvalue weighted by Crippen LogP contribution is 2.27. The molecule has 0 aliphatic heterocycles. The molecule has 3 rings (SSSR count). The lowest BCUT2D eigenvalue weighted by Crippen LogP contribution is -2.27. The Bertz CT molecular complexity index is 1200. The molecule has 0 fully saturated rings. The van der Waals surface area contributed by atoms with Crippen LogP contribution in [0.2, 0.25) is 0 Å². The molecule has 3 aromatic rings. The second-order valence-corrected chi connectivity index (χ2v) is 9.53. The van der Waals surface area contributed by atoms with Gasteiger partial charge in [0, 0.05) is 18.3 Å². The van der Waals surface area contributed by atoms with Crippen LogP contribution in [0.1, 0.15) is 32.6 Å². The van der Waals surface area contributed by atoms with Crippen LogP contribution in [0.4, 0.5) is 11.4 Å². The summed E-state index contributed by atoms with van der Waals surface area (Å²) >= 11 is 0. The number of carbonyl (C=O) groups is 1. The minimum absolute atomic E-state index is 0.208. The Morgan fingerprint density at radius 2 is 1.43 bits per heavy atom. The maximum atomic E-state index is 13.1. The van der Waals surface area contributed by atoms with Gasteiger partial charge in [-0.3, -0.25) is 9.10 Å². The van der Waals surface area contributed by atoms with Crippen LogP contribution in [0.5, 0.6) is 0 Å². The minimum atomic E-state index is -3.74. The second-order valence-electron chi connectivity index (χ2n) is 7.56. The molecule has 0 spiro atoms. The lowest BCUT2D eigenvalue weighted by atomic mass is 10.1. The highest BCUT2D eigenvalue weighted by atomic mass is 32.2. The Morgan fingerprint density at radius 1 is 0.800 bits per heavy atom. The summed E-state index contributed by atoms with van der Waals surface area (Å²) in [5.41, 5.74) is 5.41. The molecule has 30 heavy (non-hydrogen) atoms. The van der Waals surface area contributed by atoms with Crippen molar-refractivity contribution in [3.05, 3.63) is 88.5 Å². The van der Waals surface area contributed by atoms with Crippen molar-refractivity contribution in [3.63, 3.8) is 0 Å². The molecular formula is C24H26N2O3S. The number of amides is 1. The van der Waals surface area contributed by atoms with E-state index in [0.717, 1.165) is 27.9 Å². The number of nitrogens with one attached hydrogen (secondary N) is 1. The third-order valence-electron chi connectivity index (χ3n) is 5.12. The fraction of sp³-hybridized carbons (Fsp3) is 0.208. The van der Waals surface area contributed by atoms with Gasteiger partial charge in [0.05, 0.1) is 10.6 Å². The molecule has 5 nitrogen and oxygen atoms in total. The molecule has 0 aromatic heterocycles. The molecular weight excluding hydrogens is 396 g/mol. The summed E-state index contributed by atoms with van der Waals surface area (Å²) < 4.78 is 27.4. The zero-order valence-corrected chi connectivity index (χ0v) is 18.7. The van der Waals surface area contributed by atoms with Crippen LogP contribution in [-0.2, 0) is 10.0 Å². The predicted molar refractivity (Wildman–Crippen MR) is 122 cm³/mol. The maximum Gasteiger partial charge on any atom is 0.264 e. The second kappa shape index (κ2) is 8.32. The van der Waals surface area contributed by atoms with Gasteiger partial charge in [0.25, 0.3) is 15.9 Å². The van der Waals surface area contributed by atoms with Crippen molar-refractivity contribution >= 4 is 27.3 Å². The first-order chi connectivity index (χ1) is 14.1. The number of anilines is 2. The highest BCUT2D eigenvalue weighted by Gasteiger charge is 2.23. The van der Waals surface area contributed by atoms with Gasteiger partial charge in [-0.25, -0.2) is 8.42 Å². The number of hydrogen-bond acceptors (Lipinski definition) is 3. The molecule has 0 saturated heterocycles. The van der Waals surface area contributed by atoms with Gasteiger partial charge in [-0.2, -0.15) is 0 Å². The summed E-state index contributed by atoms with van der Waals surface area (Å²) in [6, 6.07) is 17.6. The van der Waals surface area contributed by atoms with E-state index in [4.69, 9.17) is 0 Å². The molecule has 1 N–H and O–H groups in total. The van der Waals surface area contributed by atoms with E-state index in [2.05, 4.69) is 5.32 Å². The topological polar surface area (TPSA) is 66.5 Å². The van der Waals surface area contributed by atoms with E-state index in [9.17, 15) is 13.2 Å². The molecule has 0 unspecified atom stereocenters. The van der Waals surface area contributed by atoms with Gasteiger partial charge in [0.2, 0.25) is 0 Å². The molecule has 0 saturated carbocycles. The molecule has 0 aliphatic rings. The summed E-state index contributed by atoms with van der Waals surface area (Å²) in [5.74, 6) is -0.288. The summed E-state index contributed by atoms with van der Waals surface area (Å²) in [5, 5.41) is 2.91. The van der Waals surface area contributed by atoms with Crippen molar-refractivity contribution in [3.8, 4) is 0 Å². The Morgan fingerprint density at radius 3 is 2.07 bits per heavy atom. The fourth-order valence-corrected chi connectivity index (χ4v) is 4.49. The lowest BCUT2D eigenvalue weighted by molar-refractivity contribution is 0.102. The van der Waals surface area contributed by atoms with Crippen LogP contribution in [0.15, 0.2) is 65.6 Å². The summed E-state index contributed by atoms with van der Waals surface area (Å²) in [7, 11) is -2.24. The van der Waals surface area contributed by atoms with Gasteiger partial charge in [-0.15, -0.1) is 0 Å². The Hall–Kier alpha value is -3.12. The number of aryl methyl sites for hydroxylation is 4. The fourth-order valence-electron chi connectivity index (χ4n) is 3.24. The number of rotatable bonds is 5. The van der Waals surface area contributed by atoms with Crippen LogP contribution in [0.25, 0.3) is 0 Å². The largest absolute Gasteiger partial charge is 0.322 e. The van der Waals surface area contributed by atoms with Crippen LogP contribution in [-0.4, -0.2) is 21.4 Å². The van der Waals surface area contributed by atoms with Gasteiger partial charge in [0.15, 0.2) is 0 Å². The number of hydrogen-bond donors (Lipinski definition) is 1. The molecule has 0 bridgehead atoms. The average Bonchev–Trinajstić information content (AvgIpc) is 2.70. The van der Waals surface area contributed by atoms with Crippen molar-refractivity contribution in [1.29, 1.82) is 0 Å². The highest BCUT2D eigenvalue weighted by molar-refractivity contribution is 7.92. The molecule has 156 valence electrons. The van der Waals surface area contributed by atoms with Crippen LogP contribution >= 0.6 is 0 Å². The normalized spacial score (nSPS) is 11.2. The number of benzene rings is 3. The van der Waals surface area contributed by atoms with Crippen molar-refractivity contribution in [2.75, 3.05) is 16.7 Å². The lowest BCUT2D eigenvalue weighted by Gasteiger charge is -2.22. The van der Waals surface area contributed by atoms with Gasteiger partial charge in [-0.05, 0) is 69.2 Å². The van der Waals surface area contributed by atoms with Crippen LogP contribution in [0.3, 0.4) is 0 Å². The summed E-state index contributed by atoms with van der Waals surface area (Å²) in [4.78, 5) is 13.0.